The number of carbonyl (C=O) groups is 1. The molecule has 0 saturated heterocycles. The minimum atomic E-state index is -0.893. The number of hydrogen-bond donors (Lipinski definition) is 3. The summed E-state index contributed by atoms with van der Waals surface area (Å²) in [4.78, 5) is 13.0. The molecule has 0 bridgehead atoms. The zero-order valence-electron chi connectivity index (χ0n) is 18.3. The normalized spacial score (nSPS) is 11.4. The van der Waals surface area contributed by atoms with E-state index in [4.69, 9.17) is 14.9 Å². The third-order valence-electron chi connectivity index (χ3n) is 6.09. The summed E-state index contributed by atoms with van der Waals surface area (Å²) in [5.41, 5.74) is 3.51. The van der Waals surface area contributed by atoms with E-state index in [1.54, 1.807) is 4.40 Å². The van der Waals surface area contributed by atoms with Crippen LogP contribution in [0.1, 0.15) is 18.4 Å². The van der Waals surface area contributed by atoms with Gasteiger partial charge in [-0.3, -0.25) is 14.6 Å². The molecule has 3 aromatic heterocycles. The Morgan fingerprint density at radius 2 is 1.91 bits per heavy atom. The van der Waals surface area contributed by atoms with Gasteiger partial charge in [-0.15, -0.1) is 0 Å². The van der Waals surface area contributed by atoms with E-state index in [1.807, 2.05) is 59.5 Å². The predicted octanol–water partition coefficient (Wildman–Crippen LogP) is 4.01. The quantitative estimate of drug-likeness (QED) is 0.319. The Kier molecular flexibility index (Phi) is 5.40. The number of aliphatic hydroxyl groups excluding tert-OH is 1. The average Bonchev–Trinajstić information content (AvgIpc) is 3.23. The molecule has 170 valence electrons. The van der Waals surface area contributed by atoms with Crippen LogP contribution in [-0.4, -0.2) is 40.3 Å². The molecule has 8 heteroatoms. The van der Waals surface area contributed by atoms with E-state index < -0.39 is 5.97 Å². The van der Waals surface area contributed by atoms with Crippen LogP contribution in [0.25, 0.3) is 38.4 Å². The average molecular weight is 454 g/mol. The summed E-state index contributed by atoms with van der Waals surface area (Å²) in [6, 6.07) is 19.5. The Morgan fingerprint density at radius 1 is 1.09 bits per heavy atom. The van der Waals surface area contributed by atoms with Crippen LogP contribution < -0.4 is 10.4 Å². The van der Waals surface area contributed by atoms with E-state index in [2.05, 4.69) is 6.07 Å². The molecule has 0 saturated carbocycles. The van der Waals surface area contributed by atoms with Crippen LogP contribution in [-0.2, 0) is 4.79 Å². The number of nitrogens with one attached hydrogen (secondary N) is 1. The molecule has 0 radical (unpaired) electrons. The summed E-state index contributed by atoms with van der Waals surface area (Å²) in [7, 11) is 0. The molecule has 0 fully saturated rings. The first-order chi connectivity index (χ1) is 16.5. The van der Waals surface area contributed by atoms with Gasteiger partial charge in [-0.05, 0) is 36.8 Å². The fourth-order valence-electron chi connectivity index (χ4n) is 4.47. The van der Waals surface area contributed by atoms with Crippen molar-refractivity contribution in [1.82, 2.24) is 4.40 Å². The van der Waals surface area contributed by atoms with Gasteiger partial charge in [0.1, 0.15) is 17.2 Å². The number of fused-ring (bicyclic) bond motifs is 6. The first-order valence-corrected chi connectivity index (χ1v) is 11.0. The minimum Gasteiger partial charge on any atom is -0.481 e. The summed E-state index contributed by atoms with van der Waals surface area (Å²) in [5, 5.41) is 39.5. The third-order valence-corrected chi connectivity index (χ3v) is 6.09. The van der Waals surface area contributed by atoms with E-state index in [9.17, 15) is 15.2 Å². The van der Waals surface area contributed by atoms with Crippen LogP contribution in [0, 0.1) is 16.7 Å². The van der Waals surface area contributed by atoms with Gasteiger partial charge in [0, 0.05) is 47.6 Å². The molecule has 34 heavy (non-hydrogen) atoms. The molecule has 3 N–H and O–H groups in total. The van der Waals surface area contributed by atoms with E-state index >= 15 is 0 Å². The highest BCUT2D eigenvalue weighted by Crippen LogP contribution is 2.32. The minimum absolute atomic E-state index is 0.00559. The number of carboxylic acid groups (broad SMARTS) is 1. The number of anilines is 1. The summed E-state index contributed by atoms with van der Waals surface area (Å²) >= 11 is 0. The summed E-state index contributed by atoms with van der Waals surface area (Å²) in [5.74, 6) is -0.893. The standard InChI is InChI=1S/C26H22N4O4/c27-15-20-25-19(22-13-16-4-1-2-5-21(16)30(22)26(20)28)12-17-6-7-18(14-23(17)34-25)29(9-3-11-31)10-8-24(32)33/h1-2,4-7,12-14,28,31H,3,8-11H2,(H,32,33). The highest BCUT2D eigenvalue weighted by molar-refractivity contribution is 6.05. The summed E-state index contributed by atoms with van der Waals surface area (Å²) < 4.78 is 8.00. The van der Waals surface area contributed by atoms with Crippen molar-refractivity contribution in [2.45, 2.75) is 12.8 Å². The summed E-state index contributed by atoms with van der Waals surface area (Å²) in [6.45, 7) is 0.804. The number of aliphatic hydroxyl groups is 1. The first-order valence-electron chi connectivity index (χ1n) is 11.0. The van der Waals surface area contributed by atoms with E-state index in [0.29, 0.717) is 30.7 Å². The maximum atomic E-state index is 11.1. The Bertz CT molecular complexity index is 1680. The van der Waals surface area contributed by atoms with Crippen LogP contribution in [0.2, 0.25) is 0 Å². The molecule has 0 unspecified atom stereocenters. The van der Waals surface area contributed by atoms with Gasteiger partial charge in [-0.25, -0.2) is 0 Å². The zero-order valence-corrected chi connectivity index (χ0v) is 18.3. The fraction of sp³-hybridized carbons (Fsp3) is 0.192. The second kappa shape index (κ2) is 8.54. The largest absolute Gasteiger partial charge is 0.481 e. The van der Waals surface area contributed by atoms with Crippen molar-refractivity contribution in [2.75, 3.05) is 24.6 Å². The van der Waals surface area contributed by atoms with Gasteiger partial charge < -0.3 is 19.5 Å². The lowest BCUT2D eigenvalue weighted by Crippen LogP contribution is -2.27. The van der Waals surface area contributed by atoms with Gasteiger partial charge >= 0.3 is 5.97 Å². The number of aromatic nitrogens is 1. The van der Waals surface area contributed by atoms with Crippen molar-refractivity contribution in [3.05, 3.63) is 65.6 Å². The molecule has 0 aliphatic heterocycles. The van der Waals surface area contributed by atoms with Gasteiger partial charge in [0.2, 0.25) is 0 Å². The molecule has 0 aliphatic carbocycles. The maximum absolute atomic E-state index is 11.1. The molecule has 0 atom stereocenters. The van der Waals surface area contributed by atoms with Gasteiger partial charge in [-0.2, -0.15) is 5.26 Å². The van der Waals surface area contributed by atoms with Crippen LogP contribution in [0.5, 0.6) is 0 Å². The number of nitriles is 1. The molecule has 0 amide bonds. The van der Waals surface area contributed by atoms with Gasteiger partial charge in [0.05, 0.1) is 17.5 Å². The highest BCUT2D eigenvalue weighted by atomic mass is 16.4. The van der Waals surface area contributed by atoms with Crippen LogP contribution >= 0.6 is 0 Å². The Morgan fingerprint density at radius 3 is 2.68 bits per heavy atom. The van der Waals surface area contributed by atoms with E-state index in [0.717, 1.165) is 32.9 Å². The third kappa shape index (κ3) is 3.52. The van der Waals surface area contributed by atoms with E-state index in [1.165, 1.54) is 0 Å². The lowest BCUT2D eigenvalue weighted by molar-refractivity contribution is -0.136. The molecule has 0 spiro atoms. The maximum Gasteiger partial charge on any atom is 0.305 e. The molecular formula is C26H22N4O4. The zero-order chi connectivity index (χ0) is 23.8. The predicted molar refractivity (Wildman–Crippen MR) is 129 cm³/mol. The van der Waals surface area contributed by atoms with Crippen molar-refractivity contribution in [3.8, 4) is 6.07 Å². The Hall–Kier alpha value is -4.35. The highest BCUT2D eigenvalue weighted by Gasteiger charge is 2.17. The van der Waals surface area contributed by atoms with Crippen molar-refractivity contribution in [2.24, 2.45) is 0 Å². The number of pyridine rings is 1. The van der Waals surface area contributed by atoms with Gasteiger partial charge in [0.15, 0.2) is 11.1 Å². The number of nitrogens with zero attached hydrogens (tertiary/aromatic N) is 3. The molecule has 2 aromatic carbocycles. The van der Waals surface area contributed by atoms with Crippen molar-refractivity contribution < 1.29 is 19.4 Å². The van der Waals surface area contributed by atoms with Gasteiger partial charge in [-0.1, -0.05) is 18.2 Å². The van der Waals surface area contributed by atoms with Crippen molar-refractivity contribution >= 4 is 50.0 Å². The number of aliphatic carboxylic acids is 1. The molecule has 5 rings (SSSR count). The first kappa shape index (κ1) is 21.5. The van der Waals surface area contributed by atoms with E-state index in [-0.39, 0.29) is 24.1 Å². The monoisotopic (exact) mass is 454 g/mol. The second-order valence-electron chi connectivity index (χ2n) is 8.18. The molecule has 8 nitrogen and oxygen atoms in total. The Labute approximate surface area is 194 Å². The summed E-state index contributed by atoms with van der Waals surface area (Å²) in [6.07, 6.45) is 0.478. The van der Waals surface area contributed by atoms with Crippen LogP contribution in [0.15, 0.2) is 59.0 Å². The number of benzene rings is 2. The smallest absolute Gasteiger partial charge is 0.305 e. The molecule has 5 aromatic rings. The lowest BCUT2D eigenvalue weighted by atomic mass is 10.1. The van der Waals surface area contributed by atoms with Crippen molar-refractivity contribution in [1.29, 1.82) is 10.7 Å². The molecule has 3 heterocycles. The van der Waals surface area contributed by atoms with Crippen molar-refractivity contribution in [3.63, 3.8) is 0 Å². The number of carboxylic acids is 1. The fourth-order valence-corrected chi connectivity index (χ4v) is 4.47. The topological polar surface area (TPSA) is 126 Å². The second-order valence-corrected chi connectivity index (χ2v) is 8.18. The molecule has 0 aliphatic rings. The van der Waals surface area contributed by atoms with Crippen LogP contribution in [0.3, 0.4) is 0 Å². The lowest BCUT2D eigenvalue weighted by Gasteiger charge is -2.24. The van der Waals surface area contributed by atoms with Gasteiger partial charge in [0.25, 0.3) is 0 Å². The Balaban J connectivity index is 1.74. The SMILES string of the molecule is N#Cc1c(=N)n2c3ccccc3cc2c2cc3ccc(N(CCCO)CCC(=O)O)cc3oc12. The van der Waals surface area contributed by atoms with Crippen LogP contribution in [0.4, 0.5) is 5.69 Å². The molecular weight excluding hydrogens is 432 g/mol. The number of hydrogen-bond acceptors (Lipinski definition) is 6. The number of rotatable bonds is 7. The number of para-hydroxylation sites is 1.